The lowest BCUT2D eigenvalue weighted by Crippen LogP contribution is -2.36. The number of amides is 1. The van der Waals surface area contributed by atoms with Crippen molar-refractivity contribution < 1.29 is 14.3 Å². The van der Waals surface area contributed by atoms with E-state index in [4.69, 9.17) is 0 Å². The van der Waals surface area contributed by atoms with Gasteiger partial charge in [-0.15, -0.1) is 0 Å². The Labute approximate surface area is 93.3 Å². The summed E-state index contributed by atoms with van der Waals surface area (Å²) in [5.74, 6) is -0.792. The summed E-state index contributed by atoms with van der Waals surface area (Å²) in [6.45, 7) is 2.10. The van der Waals surface area contributed by atoms with E-state index in [9.17, 15) is 9.59 Å². The van der Waals surface area contributed by atoms with Crippen LogP contribution in [0.5, 0.6) is 0 Å². The van der Waals surface area contributed by atoms with Gasteiger partial charge in [0.2, 0.25) is 0 Å². The van der Waals surface area contributed by atoms with Gasteiger partial charge in [-0.25, -0.2) is 4.98 Å². The van der Waals surface area contributed by atoms with Crippen LogP contribution in [0.4, 0.5) is 0 Å². The molecule has 1 heterocycles. The molecule has 0 aromatic carbocycles. The number of rotatable bonds is 4. The molecule has 16 heavy (non-hydrogen) atoms. The Hall–Kier alpha value is -1.98. The molecule has 0 unspecified atom stereocenters. The number of carbonyl (C=O) groups excluding carboxylic acids is 2. The molecule has 1 aromatic heterocycles. The van der Waals surface area contributed by atoms with E-state index in [1.165, 1.54) is 30.6 Å². The van der Waals surface area contributed by atoms with E-state index in [2.05, 4.69) is 14.7 Å². The minimum atomic E-state index is -0.459. The average molecular weight is 223 g/mol. The van der Waals surface area contributed by atoms with E-state index >= 15 is 0 Å². The summed E-state index contributed by atoms with van der Waals surface area (Å²) in [7, 11) is 1.28. The van der Waals surface area contributed by atoms with Crippen LogP contribution < -0.4 is 0 Å². The summed E-state index contributed by atoms with van der Waals surface area (Å²) in [6.07, 6.45) is 4.27. The standard InChI is InChI=1S/C10H13N3O3/c1-3-13(7-9(14)16-2)10(15)8-6-11-4-5-12-8/h4-6H,3,7H2,1-2H3. The highest BCUT2D eigenvalue weighted by atomic mass is 16.5. The van der Waals surface area contributed by atoms with Crippen LogP contribution in [0.3, 0.4) is 0 Å². The van der Waals surface area contributed by atoms with Crippen LogP contribution in [-0.2, 0) is 9.53 Å². The van der Waals surface area contributed by atoms with Crippen molar-refractivity contribution in [3.8, 4) is 0 Å². The number of hydrogen-bond acceptors (Lipinski definition) is 5. The molecule has 0 saturated carbocycles. The second-order valence-electron chi connectivity index (χ2n) is 2.99. The SMILES string of the molecule is CCN(CC(=O)OC)C(=O)c1cnccn1. The third-order valence-electron chi connectivity index (χ3n) is 2.00. The Bertz CT molecular complexity index is 367. The first kappa shape index (κ1) is 12.1. The van der Waals surface area contributed by atoms with Gasteiger partial charge < -0.3 is 9.64 Å². The lowest BCUT2D eigenvalue weighted by Gasteiger charge is -2.18. The van der Waals surface area contributed by atoms with E-state index in [-0.39, 0.29) is 18.1 Å². The molecule has 0 atom stereocenters. The van der Waals surface area contributed by atoms with Crippen molar-refractivity contribution in [1.29, 1.82) is 0 Å². The normalized spacial score (nSPS) is 9.62. The number of carbonyl (C=O) groups is 2. The van der Waals surface area contributed by atoms with Crippen molar-refractivity contribution in [3.63, 3.8) is 0 Å². The molecule has 86 valence electrons. The smallest absolute Gasteiger partial charge is 0.325 e. The maximum Gasteiger partial charge on any atom is 0.325 e. The minimum Gasteiger partial charge on any atom is -0.468 e. The first-order chi connectivity index (χ1) is 7.69. The van der Waals surface area contributed by atoms with Crippen LogP contribution in [0.2, 0.25) is 0 Å². The van der Waals surface area contributed by atoms with Crippen molar-refractivity contribution >= 4 is 11.9 Å². The zero-order valence-corrected chi connectivity index (χ0v) is 9.21. The molecule has 0 N–H and O–H groups in total. The predicted octanol–water partition coefficient (Wildman–Crippen LogP) is 0.112. The fourth-order valence-corrected chi connectivity index (χ4v) is 1.12. The van der Waals surface area contributed by atoms with Gasteiger partial charge in [-0.1, -0.05) is 0 Å². The highest BCUT2D eigenvalue weighted by molar-refractivity contribution is 5.93. The van der Waals surface area contributed by atoms with Gasteiger partial charge >= 0.3 is 5.97 Å². The van der Waals surface area contributed by atoms with E-state index in [0.717, 1.165) is 0 Å². The van der Waals surface area contributed by atoms with Crippen molar-refractivity contribution in [2.45, 2.75) is 6.92 Å². The number of ether oxygens (including phenoxy) is 1. The number of aromatic nitrogens is 2. The fourth-order valence-electron chi connectivity index (χ4n) is 1.12. The average Bonchev–Trinajstić information content (AvgIpc) is 2.35. The second-order valence-corrected chi connectivity index (χ2v) is 2.99. The van der Waals surface area contributed by atoms with Gasteiger partial charge in [0.1, 0.15) is 12.2 Å². The van der Waals surface area contributed by atoms with Gasteiger partial charge in [0.15, 0.2) is 0 Å². The summed E-state index contributed by atoms with van der Waals surface area (Å²) >= 11 is 0. The zero-order valence-electron chi connectivity index (χ0n) is 9.21. The van der Waals surface area contributed by atoms with E-state index in [1.54, 1.807) is 6.92 Å². The third kappa shape index (κ3) is 3.01. The number of nitrogens with zero attached hydrogens (tertiary/aromatic N) is 3. The summed E-state index contributed by atoms with van der Waals surface area (Å²) in [5, 5.41) is 0. The van der Waals surface area contributed by atoms with Gasteiger partial charge in [0.25, 0.3) is 5.91 Å². The van der Waals surface area contributed by atoms with Crippen LogP contribution in [0.1, 0.15) is 17.4 Å². The minimum absolute atomic E-state index is 0.0809. The Balaban J connectivity index is 2.74. The Morgan fingerprint density at radius 1 is 1.44 bits per heavy atom. The van der Waals surface area contributed by atoms with Gasteiger partial charge in [-0.3, -0.25) is 14.6 Å². The molecule has 1 aromatic rings. The maximum absolute atomic E-state index is 11.8. The Morgan fingerprint density at radius 3 is 2.69 bits per heavy atom. The molecule has 0 radical (unpaired) electrons. The number of esters is 1. The monoisotopic (exact) mass is 223 g/mol. The summed E-state index contributed by atoms with van der Waals surface area (Å²) < 4.78 is 4.50. The van der Waals surface area contributed by atoms with E-state index in [1.807, 2.05) is 0 Å². The zero-order chi connectivity index (χ0) is 12.0. The third-order valence-corrected chi connectivity index (χ3v) is 2.00. The number of methoxy groups -OCH3 is 1. The van der Waals surface area contributed by atoms with Crippen molar-refractivity contribution in [1.82, 2.24) is 14.9 Å². The summed E-state index contributed by atoms with van der Waals surface area (Å²) in [5.41, 5.74) is 0.216. The maximum atomic E-state index is 11.8. The van der Waals surface area contributed by atoms with Gasteiger partial charge in [-0.2, -0.15) is 0 Å². The molecule has 0 aliphatic rings. The molecule has 0 fully saturated rings. The fraction of sp³-hybridized carbons (Fsp3) is 0.400. The molecule has 0 aliphatic heterocycles. The topological polar surface area (TPSA) is 72.4 Å². The molecule has 0 spiro atoms. The van der Waals surface area contributed by atoms with Crippen LogP contribution in [0.15, 0.2) is 18.6 Å². The van der Waals surface area contributed by atoms with Crippen molar-refractivity contribution in [3.05, 3.63) is 24.3 Å². The molecular formula is C10H13N3O3. The molecule has 0 saturated heterocycles. The quantitative estimate of drug-likeness (QED) is 0.677. The highest BCUT2D eigenvalue weighted by Gasteiger charge is 2.18. The molecule has 6 heteroatoms. The molecule has 1 amide bonds. The summed E-state index contributed by atoms with van der Waals surface area (Å²) in [6, 6.07) is 0. The van der Waals surface area contributed by atoms with E-state index in [0.29, 0.717) is 6.54 Å². The lowest BCUT2D eigenvalue weighted by atomic mass is 10.3. The molecule has 0 aliphatic carbocycles. The highest BCUT2D eigenvalue weighted by Crippen LogP contribution is 1.99. The Morgan fingerprint density at radius 2 is 2.19 bits per heavy atom. The Kier molecular flexibility index (Phi) is 4.38. The molecular weight excluding hydrogens is 210 g/mol. The van der Waals surface area contributed by atoms with Gasteiger partial charge in [0.05, 0.1) is 13.3 Å². The second kappa shape index (κ2) is 5.79. The van der Waals surface area contributed by atoms with Crippen LogP contribution in [0, 0.1) is 0 Å². The first-order valence-corrected chi connectivity index (χ1v) is 4.81. The van der Waals surface area contributed by atoms with Crippen LogP contribution in [0.25, 0.3) is 0 Å². The van der Waals surface area contributed by atoms with Crippen LogP contribution in [-0.4, -0.2) is 46.9 Å². The molecule has 1 rings (SSSR count). The summed E-state index contributed by atoms with van der Waals surface area (Å²) in [4.78, 5) is 31.9. The predicted molar refractivity (Wildman–Crippen MR) is 55.6 cm³/mol. The first-order valence-electron chi connectivity index (χ1n) is 4.81. The number of hydrogen-bond donors (Lipinski definition) is 0. The molecule has 0 bridgehead atoms. The van der Waals surface area contributed by atoms with Crippen LogP contribution >= 0.6 is 0 Å². The largest absolute Gasteiger partial charge is 0.468 e. The van der Waals surface area contributed by atoms with E-state index < -0.39 is 5.97 Å². The molecule has 6 nitrogen and oxygen atoms in total. The van der Waals surface area contributed by atoms with Gasteiger partial charge in [-0.05, 0) is 6.92 Å². The number of likely N-dealkylation sites (N-methyl/N-ethyl adjacent to an activating group) is 1. The van der Waals surface area contributed by atoms with Crippen molar-refractivity contribution in [2.75, 3.05) is 20.2 Å². The lowest BCUT2D eigenvalue weighted by molar-refractivity contribution is -0.141. The van der Waals surface area contributed by atoms with Crippen molar-refractivity contribution in [2.24, 2.45) is 0 Å². The van der Waals surface area contributed by atoms with Gasteiger partial charge in [0, 0.05) is 18.9 Å².